The second-order valence-electron chi connectivity index (χ2n) is 4.31. The molecule has 3 rings (SSSR count). The molecule has 0 spiro atoms. The minimum absolute atomic E-state index is 0.243. The van der Waals surface area contributed by atoms with E-state index in [1.54, 1.807) is 13.0 Å². The van der Waals surface area contributed by atoms with Crippen molar-refractivity contribution >= 4 is 16.7 Å². The molecule has 1 aliphatic rings. The van der Waals surface area contributed by atoms with Gasteiger partial charge in [-0.15, -0.1) is 0 Å². The molecule has 1 fully saturated rings. The summed E-state index contributed by atoms with van der Waals surface area (Å²) in [6, 6.07) is 3.05. The Labute approximate surface area is 92.5 Å². The number of anilines is 1. The Kier molecular flexibility index (Phi) is 1.87. The van der Waals surface area contributed by atoms with Crippen molar-refractivity contribution in [1.82, 2.24) is 9.97 Å². The lowest BCUT2D eigenvalue weighted by atomic mass is 10.1. The van der Waals surface area contributed by atoms with Gasteiger partial charge in [0.15, 0.2) is 0 Å². The van der Waals surface area contributed by atoms with Gasteiger partial charge >= 0.3 is 0 Å². The van der Waals surface area contributed by atoms with Crippen molar-refractivity contribution in [3.8, 4) is 0 Å². The van der Waals surface area contributed by atoms with Crippen LogP contribution in [0.3, 0.4) is 0 Å². The molecular formula is C12H12FN3. The highest BCUT2D eigenvalue weighted by molar-refractivity contribution is 5.90. The van der Waals surface area contributed by atoms with Crippen LogP contribution in [0.2, 0.25) is 0 Å². The van der Waals surface area contributed by atoms with Gasteiger partial charge < -0.3 is 5.73 Å². The zero-order valence-corrected chi connectivity index (χ0v) is 9.00. The van der Waals surface area contributed by atoms with E-state index in [9.17, 15) is 4.39 Å². The molecule has 1 aliphatic carbocycles. The van der Waals surface area contributed by atoms with Crippen LogP contribution >= 0.6 is 0 Å². The van der Waals surface area contributed by atoms with Crippen LogP contribution in [0.4, 0.5) is 10.2 Å². The third-order valence-electron chi connectivity index (χ3n) is 3.04. The lowest BCUT2D eigenvalue weighted by Gasteiger charge is -2.07. The molecule has 0 saturated heterocycles. The number of rotatable bonds is 1. The first kappa shape index (κ1) is 9.51. The van der Waals surface area contributed by atoms with E-state index < -0.39 is 0 Å². The number of hydrogen-bond donors (Lipinski definition) is 1. The Hall–Kier alpha value is -1.71. The largest absolute Gasteiger partial charge is 0.383 e. The zero-order valence-electron chi connectivity index (χ0n) is 9.00. The molecule has 2 N–H and O–H groups in total. The van der Waals surface area contributed by atoms with Crippen molar-refractivity contribution in [3.63, 3.8) is 0 Å². The Morgan fingerprint density at radius 3 is 2.75 bits per heavy atom. The van der Waals surface area contributed by atoms with Crippen LogP contribution < -0.4 is 5.73 Å². The number of fused-ring (bicyclic) bond motifs is 1. The van der Waals surface area contributed by atoms with Crippen LogP contribution in [0.15, 0.2) is 12.1 Å². The van der Waals surface area contributed by atoms with Crippen molar-refractivity contribution in [2.45, 2.75) is 25.7 Å². The van der Waals surface area contributed by atoms with Crippen LogP contribution in [0.25, 0.3) is 10.9 Å². The molecule has 4 heteroatoms. The van der Waals surface area contributed by atoms with E-state index in [1.807, 2.05) is 0 Å². The summed E-state index contributed by atoms with van der Waals surface area (Å²) in [5.74, 6) is 1.40. The van der Waals surface area contributed by atoms with Crippen LogP contribution in [-0.4, -0.2) is 9.97 Å². The molecule has 1 aromatic heterocycles. The molecule has 0 aliphatic heterocycles. The maximum absolute atomic E-state index is 13.4. The smallest absolute Gasteiger partial charge is 0.135 e. The highest BCUT2D eigenvalue weighted by atomic mass is 19.1. The standard InChI is InChI=1S/C12H12FN3/c1-6-9(13)5-4-8-10(6)15-12(7-2-3-7)16-11(8)14/h4-5,7H,2-3H2,1H3,(H2,14,15,16). The van der Waals surface area contributed by atoms with E-state index >= 15 is 0 Å². The van der Waals surface area contributed by atoms with Crippen LogP contribution in [0.5, 0.6) is 0 Å². The topological polar surface area (TPSA) is 51.8 Å². The molecule has 1 heterocycles. The molecule has 3 nitrogen and oxygen atoms in total. The first-order chi connectivity index (χ1) is 7.66. The summed E-state index contributed by atoms with van der Waals surface area (Å²) in [4.78, 5) is 8.71. The van der Waals surface area contributed by atoms with Gasteiger partial charge in [0.05, 0.1) is 5.52 Å². The number of aryl methyl sites for hydroxylation is 1. The summed E-state index contributed by atoms with van der Waals surface area (Å²) < 4.78 is 13.4. The van der Waals surface area contributed by atoms with E-state index in [4.69, 9.17) is 5.73 Å². The molecule has 0 atom stereocenters. The highest BCUT2D eigenvalue weighted by Gasteiger charge is 2.27. The van der Waals surface area contributed by atoms with E-state index in [2.05, 4.69) is 9.97 Å². The molecule has 0 radical (unpaired) electrons. The predicted molar refractivity (Wildman–Crippen MR) is 60.6 cm³/mol. The van der Waals surface area contributed by atoms with Gasteiger partial charge in [0.1, 0.15) is 17.5 Å². The van der Waals surface area contributed by atoms with Crippen LogP contribution in [0.1, 0.15) is 30.1 Å². The second-order valence-corrected chi connectivity index (χ2v) is 4.31. The molecule has 0 unspecified atom stereocenters. The molecule has 1 saturated carbocycles. The third kappa shape index (κ3) is 1.33. The lowest BCUT2D eigenvalue weighted by molar-refractivity contribution is 0.620. The van der Waals surface area contributed by atoms with Gasteiger partial charge in [-0.1, -0.05) is 0 Å². The number of halogens is 1. The Morgan fingerprint density at radius 2 is 2.06 bits per heavy atom. The Balaban J connectivity index is 2.33. The number of nitrogen functional groups attached to an aromatic ring is 1. The molecule has 0 amide bonds. The fraction of sp³-hybridized carbons (Fsp3) is 0.333. The first-order valence-corrected chi connectivity index (χ1v) is 5.39. The molecule has 82 valence electrons. The van der Waals surface area contributed by atoms with E-state index in [-0.39, 0.29) is 5.82 Å². The quantitative estimate of drug-likeness (QED) is 0.798. The zero-order chi connectivity index (χ0) is 11.3. The Bertz CT molecular complexity index is 576. The van der Waals surface area contributed by atoms with Crippen molar-refractivity contribution in [2.24, 2.45) is 0 Å². The van der Waals surface area contributed by atoms with Gasteiger partial charge in [-0.25, -0.2) is 14.4 Å². The van der Waals surface area contributed by atoms with E-state index in [1.165, 1.54) is 6.07 Å². The SMILES string of the molecule is Cc1c(F)ccc2c(N)nc(C3CC3)nc12. The van der Waals surface area contributed by atoms with Crippen molar-refractivity contribution < 1.29 is 4.39 Å². The number of nitrogens with two attached hydrogens (primary N) is 1. The minimum atomic E-state index is -0.243. The summed E-state index contributed by atoms with van der Waals surface area (Å²) in [5.41, 5.74) is 7.07. The predicted octanol–water partition coefficient (Wildman–Crippen LogP) is 2.54. The first-order valence-electron chi connectivity index (χ1n) is 5.39. The minimum Gasteiger partial charge on any atom is -0.383 e. The summed E-state index contributed by atoms with van der Waals surface area (Å²) in [7, 11) is 0. The maximum Gasteiger partial charge on any atom is 0.135 e. The second kappa shape index (κ2) is 3.14. The normalized spacial score (nSPS) is 15.6. The van der Waals surface area contributed by atoms with E-state index in [0.29, 0.717) is 22.8 Å². The fourth-order valence-electron chi connectivity index (χ4n) is 1.87. The average Bonchev–Trinajstić information content (AvgIpc) is 3.07. The van der Waals surface area contributed by atoms with Gasteiger partial charge in [0.25, 0.3) is 0 Å². The highest BCUT2D eigenvalue weighted by Crippen LogP contribution is 2.39. The van der Waals surface area contributed by atoms with Gasteiger partial charge in [0, 0.05) is 16.9 Å². The summed E-state index contributed by atoms with van der Waals surface area (Å²) in [6.07, 6.45) is 2.22. The van der Waals surface area contributed by atoms with Gasteiger partial charge in [-0.05, 0) is 31.9 Å². The number of benzene rings is 1. The van der Waals surface area contributed by atoms with Crippen LogP contribution in [-0.2, 0) is 0 Å². The van der Waals surface area contributed by atoms with Gasteiger partial charge in [-0.3, -0.25) is 0 Å². The number of aromatic nitrogens is 2. The molecular weight excluding hydrogens is 205 g/mol. The lowest BCUT2D eigenvalue weighted by Crippen LogP contribution is -2.01. The van der Waals surface area contributed by atoms with Crippen LogP contribution in [0, 0.1) is 12.7 Å². The van der Waals surface area contributed by atoms with Gasteiger partial charge in [0.2, 0.25) is 0 Å². The average molecular weight is 217 g/mol. The number of nitrogens with zero attached hydrogens (tertiary/aromatic N) is 2. The number of hydrogen-bond acceptors (Lipinski definition) is 3. The summed E-state index contributed by atoms with van der Waals surface area (Å²) in [5, 5.41) is 0.739. The molecule has 0 bridgehead atoms. The molecule has 16 heavy (non-hydrogen) atoms. The Morgan fingerprint density at radius 1 is 1.31 bits per heavy atom. The monoisotopic (exact) mass is 217 g/mol. The van der Waals surface area contributed by atoms with Crippen molar-refractivity contribution in [2.75, 3.05) is 5.73 Å². The summed E-state index contributed by atoms with van der Waals surface area (Å²) in [6.45, 7) is 1.72. The molecule has 1 aromatic carbocycles. The van der Waals surface area contributed by atoms with E-state index in [0.717, 1.165) is 24.1 Å². The maximum atomic E-state index is 13.4. The fourth-order valence-corrected chi connectivity index (χ4v) is 1.87. The van der Waals surface area contributed by atoms with Crippen molar-refractivity contribution in [1.29, 1.82) is 0 Å². The summed E-state index contributed by atoms with van der Waals surface area (Å²) >= 11 is 0. The third-order valence-corrected chi connectivity index (χ3v) is 3.04. The molecule has 2 aromatic rings. The van der Waals surface area contributed by atoms with Gasteiger partial charge in [-0.2, -0.15) is 0 Å². The van der Waals surface area contributed by atoms with Crippen molar-refractivity contribution in [3.05, 3.63) is 29.3 Å².